The van der Waals surface area contributed by atoms with E-state index in [1.807, 2.05) is 6.07 Å². The Balaban J connectivity index is 1.70. The van der Waals surface area contributed by atoms with Crippen LogP contribution < -0.4 is 5.32 Å². The molecule has 0 aliphatic carbocycles. The van der Waals surface area contributed by atoms with Crippen LogP contribution in [0.25, 0.3) is 0 Å². The molecule has 0 bridgehead atoms. The van der Waals surface area contributed by atoms with Crippen molar-refractivity contribution in [3.8, 4) is 0 Å². The predicted octanol–water partition coefficient (Wildman–Crippen LogP) is 3.45. The Labute approximate surface area is 120 Å². The third-order valence-electron chi connectivity index (χ3n) is 3.79. The van der Waals surface area contributed by atoms with Gasteiger partial charge < -0.3 is 10.2 Å². The monoisotopic (exact) mass is 282 g/mol. The van der Waals surface area contributed by atoms with Gasteiger partial charge in [-0.2, -0.15) is 0 Å². The Morgan fingerprint density at radius 2 is 2.00 bits per heavy atom. The molecule has 0 radical (unpaired) electrons. The van der Waals surface area contributed by atoms with Crippen molar-refractivity contribution < 1.29 is 8.78 Å². The van der Waals surface area contributed by atoms with Crippen molar-refractivity contribution in [3.63, 3.8) is 0 Å². The molecule has 1 unspecified atom stereocenters. The third-order valence-corrected chi connectivity index (χ3v) is 3.79. The van der Waals surface area contributed by atoms with E-state index < -0.39 is 6.43 Å². The summed E-state index contributed by atoms with van der Waals surface area (Å²) in [5, 5.41) is 3.37. The Kier molecular flexibility index (Phi) is 5.92. The molecule has 1 saturated heterocycles. The summed E-state index contributed by atoms with van der Waals surface area (Å²) in [5.74, 6) is 0.589. The van der Waals surface area contributed by atoms with Crippen LogP contribution in [0, 0.1) is 5.92 Å². The topological polar surface area (TPSA) is 15.3 Å². The van der Waals surface area contributed by atoms with Crippen molar-refractivity contribution in [2.24, 2.45) is 5.92 Å². The van der Waals surface area contributed by atoms with Gasteiger partial charge in [-0.05, 0) is 50.0 Å². The van der Waals surface area contributed by atoms with Gasteiger partial charge in [0.2, 0.25) is 0 Å². The molecule has 1 heterocycles. The molecule has 0 amide bonds. The summed E-state index contributed by atoms with van der Waals surface area (Å²) in [4.78, 5) is 2.50. The summed E-state index contributed by atoms with van der Waals surface area (Å²) < 4.78 is 25.2. The zero-order valence-electron chi connectivity index (χ0n) is 12.1. The SMILES string of the molecule is CC(CNCc1cccc(C(F)F)c1)CN1CCCC1. The molecule has 1 aromatic carbocycles. The summed E-state index contributed by atoms with van der Waals surface area (Å²) >= 11 is 0. The Morgan fingerprint density at radius 3 is 2.70 bits per heavy atom. The van der Waals surface area contributed by atoms with Gasteiger partial charge in [-0.3, -0.25) is 0 Å². The average Bonchev–Trinajstić information content (AvgIpc) is 2.92. The van der Waals surface area contributed by atoms with E-state index >= 15 is 0 Å². The molecule has 0 saturated carbocycles. The maximum atomic E-state index is 12.6. The fourth-order valence-corrected chi connectivity index (χ4v) is 2.77. The second-order valence-electron chi connectivity index (χ2n) is 5.79. The summed E-state index contributed by atoms with van der Waals surface area (Å²) in [7, 11) is 0. The van der Waals surface area contributed by atoms with Gasteiger partial charge in [0.25, 0.3) is 6.43 Å². The summed E-state index contributed by atoms with van der Waals surface area (Å²) in [6.45, 7) is 7.40. The molecular formula is C16H24F2N2. The molecule has 1 fully saturated rings. The molecule has 1 aliphatic rings. The van der Waals surface area contributed by atoms with Crippen LogP contribution >= 0.6 is 0 Å². The molecule has 2 nitrogen and oxygen atoms in total. The highest BCUT2D eigenvalue weighted by Gasteiger charge is 2.14. The first-order valence-corrected chi connectivity index (χ1v) is 7.45. The van der Waals surface area contributed by atoms with Gasteiger partial charge in [0.1, 0.15) is 0 Å². The van der Waals surface area contributed by atoms with Crippen LogP contribution in [-0.2, 0) is 6.54 Å². The van der Waals surface area contributed by atoms with E-state index in [1.165, 1.54) is 32.0 Å². The zero-order chi connectivity index (χ0) is 14.4. The number of likely N-dealkylation sites (tertiary alicyclic amines) is 1. The molecule has 112 valence electrons. The minimum Gasteiger partial charge on any atom is -0.312 e. The highest BCUT2D eigenvalue weighted by Crippen LogP contribution is 2.19. The minimum absolute atomic E-state index is 0.106. The average molecular weight is 282 g/mol. The number of benzene rings is 1. The molecule has 1 N–H and O–H groups in total. The van der Waals surface area contributed by atoms with E-state index in [0.717, 1.165) is 18.7 Å². The number of nitrogens with one attached hydrogen (secondary N) is 1. The molecule has 1 atom stereocenters. The van der Waals surface area contributed by atoms with E-state index in [4.69, 9.17) is 0 Å². The maximum absolute atomic E-state index is 12.6. The Morgan fingerprint density at radius 1 is 1.25 bits per heavy atom. The molecular weight excluding hydrogens is 258 g/mol. The summed E-state index contributed by atoms with van der Waals surface area (Å²) in [6.07, 6.45) is 0.255. The third kappa shape index (κ3) is 4.84. The lowest BCUT2D eigenvalue weighted by Crippen LogP contribution is -2.31. The normalized spacial score (nSPS) is 17.8. The predicted molar refractivity (Wildman–Crippen MR) is 77.9 cm³/mol. The second-order valence-corrected chi connectivity index (χ2v) is 5.79. The molecule has 2 rings (SSSR count). The lowest BCUT2D eigenvalue weighted by Gasteiger charge is -2.20. The molecule has 4 heteroatoms. The number of nitrogens with zero attached hydrogens (tertiary/aromatic N) is 1. The van der Waals surface area contributed by atoms with Crippen LogP contribution in [0.15, 0.2) is 24.3 Å². The second kappa shape index (κ2) is 7.70. The summed E-state index contributed by atoms with van der Waals surface area (Å²) in [5.41, 5.74) is 1.03. The number of halogens is 2. The van der Waals surface area contributed by atoms with Crippen molar-refractivity contribution in [3.05, 3.63) is 35.4 Å². The van der Waals surface area contributed by atoms with E-state index in [-0.39, 0.29) is 5.56 Å². The molecule has 0 spiro atoms. The Hall–Kier alpha value is -1.00. The van der Waals surface area contributed by atoms with E-state index in [9.17, 15) is 8.78 Å². The first-order valence-electron chi connectivity index (χ1n) is 7.45. The lowest BCUT2D eigenvalue weighted by molar-refractivity contribution is 0.151. The lowest BCUT2D eigenvalue weighted by atomic mass is 10.1. The van der Waals surface area contributed by atoms with E-state index in [1.54, 1.807) is 12.1 Å². The fraction of sp³-hybridized carbons (Fsp3) is 0.625. The molecule has 1 aliphatic heterocycles. The number of hydrogen-bond acceptors (Lipinski definition) is 2. The van der Waals surface area contributed by atoms with Crippen molar-refractivity contribution in [1.82, 2.24) is 10.2 Å². The van der Waals surface area contributed by atoms with Crippen LogP contribution in [-0.4, -0.2) is 31.1 Å². The van der Waals surface area contributed by atoms with E-state index in [0.29, 0.717) is 12.5 Å². The highest BCUT2D eigenvalue weighted by molar-refractivity contribution is 5.24. The van der Waals surface area contributed by atoms with Gasteiger partial charge in [0.15, 0.2) is 0 Å². The van der Waals surface area contributed by atoms with Crippen LogP contribution in [0.2, 0.25) is 0 Å². The van der Waals surface area contributed by atoms with Crippen LogP contribution in [0.4, 0.5) is 8.78 Å². The largest absolute Gasteiger partial charge is 0.312 e. The van der Waals surface area contributed by atoms with Crippen molar-refractivity contribution in [2.45, 2.75) is 32.7 Å². The first-order chi connectivity index (χ1) is 9.65. The van der Waals surface area contributed by atoms with E-state index in [2.05, 4.69) is 17.1 Å². The molecule has 0 aromatic heterocycles. The van der Waals surface area contributed by atoms with Gasteiger partial charge in [0, 0.05) is 18.7 Å². The van der Waals surface area contributed by atoms with Crippen LogP contribution in [0.3, 0.4) is 0 Å². The smallest absolute Gasteiger partial charge is 0.263 e. The first kappa shape index (κ1) is 15.4. The standard InChI is InChI=1S/C16H24F2N2/c1-13(12-20-7-2-3-8-20)10-19-11-14-5-4-6-15(9-14)16(17)18/h4-6,9,13,16,19H,2-3,7-8,10-12H2,1H3. The van der Waals surface area contributed by atoms with Crippen molar-refractivity contribution in [2.75, 3.05) is 26.2 Å². The maximum Gasteiger partial charge on any atom is 0.263 e. The fourth-order valence-electron chi connectivity index (χ4n) is 2.77. The number of rotatable bonds is 7. The van der Waals surface area contributed by atoms with Crippen molar-refractivity contribution >= 4 is 0 Å². The van der Waals surface area contributed by atoms with Crippen LogP contribution in [0.1, 0.15) is 37.3 Å². The van der Waals surface area contributed by atoms with Gasteiger partial charge in [0.05, 0.1) is 0 Å². The highest BCUT2D eigenvalue weighted by atomic mass is 19.3. The zero-order valence-corrected chi connectivity index (χ0v) is 12.1. The summed E-state index contributed by atoms with van der Waals surface area (Å²) in [6, 6.07) is 6.66. The van der Waals surface area contributed by atoms with Crippen molar-refractivity contribution in [1.29, 1.82) is 0 Å². The quantitative estimate of drug-likeness (QED) is 0.824. The number of hydrogen-bond donors (Lipinski definition) is 1. The van der Waals surface area contributed by atoms with Crippen LogP contribution in [0.5, 0.6) is 0 Å². The minimum atomic E-state index is -2.39. The molecule has 1 aromatic rings. The van der Waals surface area contributed by atoms with Gasteiger partial charge >= 0.3 is 0 Å². The Bertz CT molecular complexity index is 403. The van der Waals surface area contributed by atoms with Gasteiger partial charge in [-0.15, -0.1) is 0 Å². The number of alkyl halides is 2. The van der Waals surface area contributed by atoms with Gasteiger partial charge in [-0.1, -0.05) is 25.1 Å². The van der Waals surface area contributed by atoms with Gasteiger partial charge in [-0.25, -0.2) is 8.78 Å². The molecule has 20 heavy (non-hydrogen) atoms.